The highest BCUT2D eigenvalue weighted by atomic mass is 127. The van der Waals surface area contributed by atoms with Gasteiger partial charge in [0.2, 0.25) is 5.91 Å². The number of carbonyl (C=O) groups is 1. The molecule has 0 aromatic carbocycles. The highest BCUT2D eigenvalue weighted by molar-refractivity contribution is 14.0. The summed E-state index contributed by atoms with van der Waals surface area (Å²) in [5, 5.41) is 7.74. The number of guanidine groups is 1. The largest absolute Gasteiger partial charge is 0.355 e. The Labute approximate surface area is 168 Å². The van der Waals surface area contributed by atoms with Gasteiger partial charge in [-0.1, -0.05) is 12.8 Å². The molecule has 2 saturated carbocycles. The van der Waals surface area contributed by atoms with Crippen LogP contribution in [-0.4, -0.2) is 62.0 Å². The van der Waals surface area contributed by atoms with Crippen LogP contribution >= 0.6 is 35.7 Å². The molecule has 2 aliphatic carbocycles. The molecule has 7 heteroatoms. The third-order valence-corrected chi connectivity index (χ3v) is 6.39. The molecular formula is C17H33IN4OS. The third kappa shape index (κ3) is 5.41. The molecule has 5 nitrogen and oxygen atoms in total. The first kappa shape index (κ1) is 21.9. The number of halogens is 1. The van der Waals surface area contributed by atoms with Crippen molar-refractivity contribution in [3.63, 3.8) is 0 Å². The van der Waals surface area contributed by atoms with Gasteiger partial charge in [0.25, 0.3) is 0 Å². The fourth-order valence-electron chi connectivity index (χ4n) is 3.92. The fourth-order valence-corrected chi connectivity index (χ4v) is 4.72. The van der Waals surface area contributed by atoms with E-state index in [1.165, 1.54) is 19.3 Å². The molecule has 2 atom stereocenters. The average molecular weight is 468 g/mol. The molecule has 0 spiro atoms. The molecule has 0 bridgehead atoms. The molecule has 140 valence electrons. The first-order valence-corrected chi connectivity index (χ1v) is 10.0. The van der Waals surface area contributed by atoms with Crippen molar-refractivity contribution < 1.29 is 4.79 Å². The van der Waals surface area contributed by atoms with Crippen LogP contribution in [0.3, 0.4) is 0 Å². The van der Waals surface area contributed by atoms with Gasteiger partial charge in [-0.05, 0) is 38.4 Å². The van der Waals surface area contributed by atoms with Crippen molar-refractivity contribution in [2.24, 2.45) is 10.4 Å². The Hall–Kier alpha value is -0.180. The summed E-state index contributed by atoms with van der Waals surface area (Å²) in [4.78, 5) is 18.7. The summed E-state index contributed by atoms with van der Waals surface area (Å²) in [5.41, 5.74) is -0.251. The van der Waals surface area contributed by atoms with Crippen LogP contribution in [0.4, 0.5) is 0 Å². The van der Waals surface area contributed by atoms with Gasteiger partial charge in [0.05, 0.1) is 5.41 Å². The summed E-state index contributed by atoms with van der Waals surface area (Å²) in [7, 11) is 5.53. The first-order chi connectivity index (χ1) is 11.0. The zero-order valence-electron chi connectivity index (χ0n) is 15.4. The van der Waals surface area contributed by atoms with Crippen LogP contribution in [-0.2, 0) is 4.79 Å². The second kappa shape index (κ2) is 10.1. The molecule has 2 aliphatic rings. The number of thioether (sulfide) groups is 1. The number of nitrogens with zero attached hydrogens (tertiary/aromatic N) is 2. The lowest BCUT2D eigenvalue weighted by Gasteiger charge is -2.31. The summed E-state index contributed by atoms with van der Waals surface area (Å²) < 4.78 is 0. The minimum absolute atomic E-state index is 0. The fraction of sp³-hybridized carbons (Fsp3) is 0.882. The van der Waals surface area contributed by atoms with Crippen LogP contribution < -0.4 is 10.6 Å². The van der Waals surface area contributed by atoms with E-state index in [2.05, 4.69) is 21.9 Å². The van der Waals surface area contributed by atoms with Gasteiger partial charge in [-0.2, -0.15) is 11.8 Å². The second-order valence-electron chi connectivity index (χ2n) is 7.12. The normalized spacial score (nSPS) is 25.9. The van der Waals surface area contributed by atoms with Crippen molar-refractivity contribution in [2.45, 2.75) is 56.2 Å². The second-order valence-corrected chi connectivity index (χ2v) is 8.26. The molecule has 0 radical (unpaired) electrons. The number of nitrogens with one attached hydrogen (secondary N) is 2. The van der Waals surface area contributed by atoms with E-state index in [0.717, 1.165) is 36.9 Å². The van der Waals surface area contributed by atoms with E-state index in [1.54, 1.807) is 4.90 Å². The Morgan fingerprint density at radius 2 is 1.96 bits per heavy atom. The molecule has 2 unspecified atom stereocenters. The summed E-state index contributed by atoms with van der Waals surface area (Å²) >= 11 is 1.96. The van der Waals surface area contributed by atoms with E-state index >= 15 is 0 Å². The Kier molecular flexibility index (Phi) is 9.19. The third-order valence-electron chi connectivity index (χ3n) is 5.30. The van der Waals surface area contributed by atoms with Gasteiger partial charge < -0.3 is 15.5 Å². The number of hydrogen-bond donors (Lipinski definition) is 2. The van der Waals surface area contributed by atoms with Crippen LogP contribution in [0.25, 0.3) is 0 Å². The molecule has 0 aliphatic heterocycles. The molecule has 0 saturated heterocycles. The molecule has 0 aromatic rings. The highest BCUT2D eigenvalue weighted by Crippen LogP contribution is 2.39. The standard InChI is InChI=1S/C17H32N4OS.HI/c1-18-16(20-13-7-8-14(11-13)23-4)19-12-17(9-5-6-10-17)15(22)21(2)3;/h13-14H,5-12H2,1-4H3,(H2,18,19,20);1H. The van der Waals surface area contributed by atoms with Gasteiger partial charge in [0, 0.05) is 39.0 Å². The Morgan fingerprint density at radius 1 is 1.29 bits per heavy atom. The minimum Gasteiger partial charge on any atom is -0.355 e. The molecule has 0 aromatic heterocycles. The van der Waals surface area contributed by atoms with Crippen LogP contribution in [0.2, 0.25) is 0 Å². The van der Waals surface area contributed by atoms with E-state index in [1.807, 2.05) is 32.9 Å². The topological polar surface area (TPSA) is 56.7 Å². The van der Waals surface area contributed by atoms with Gasteiger partial charge >= 0.3 is 0 Å². The van der Waals surface area contributed by atoms with E-state index in [4.69, 9.17) is 0 Å². The first-order valence-electron chi connectivity index (χ1n) is 8.72. The summed E-state index contributed by atoms with van der Waals surface area (Å²) in [6.07, 6.45) is 10.1. The monoisotopic (exact) mass is 468 g/mol. The van der Waals surface area contributed by atoms with Gasteiger partial charge in [0.1, 0.15) is 0 Å². The Bertz CT molecular complexity index is 438. The maximum absolute atomic E-state index is 12.6. The van der Waals surface area contributed by atoms with Crippen molar-refractivity contribution in [1.29, 1.82) is 0 Å². The number of carbonyl (C=O) groups excluding carboxylic acids is 1. The van der Waals surface area contributed by atoms with Crippen molar-refractivity contribution in [1.82, 2.24) is 15.5 Å². The minimum atomic E-state index is -0.251. The number of amides is 1. The molecule has 24 heavy (non-hydrogen) atoms. The number of aliphatic imine (C=N–C) groups is 1. The average Bonchev–Trinajstić information content (AvgIpc) is 3.20. The Balaban J connectivity index is 0.00000288. The van der Waals surface area contributed by atoms with E-state index in [0.29, 0.717) is 12.6 Å². The molecule has 1 amide bonds. The van der Waals surface area contributed by atoms with Gasteiger partial charge in [-0.15, -0.1) is 24.0 Å². The predicted molar refractivity (Wildman–Crippen MR) is 114 cm³/mol. The molecule has 2 N–H and O–H groups in total. The maximum atomic E-state index is 12.6. The van der Waals surface area contributed by atoms with E-state index in [9.17, 15) is 4.79 Å². The van der Waals surface area contributed by atoms with Gasteiger partial charge in [-0.25, -0.2) is 0 Å². The SMILES string of the molecule is CN=C(NCC1(C(=O)N(C)C)CCCC1)NC1CCC(SC)C1.I. The molecule has 0 heterocycles. The van der Waals surface area contributed by atoms with E-state index in [-0.39, 0.29) is 35.3 Å². The summed E-state index contributed by atoms with van der Waals surface area (Å²) in [6.45, 7) is 0.683. The summed E-state index contributed by atoms with van der Waals surface area (Å²) in [6, 6.07) is 0.503. The molecule has 2 fully saturated rings. The van der Waals surface area contributed by atoms with Crippen LogP contribution in [0.1, 0.15) is 44.9 Å². The maximum Gasteiger partial charge on any atom is 0.230 e. The lowest BCUT2D eigenvalue weighted by Crippen LogP contribution is -2.50. The van der Waals surface area contributed by atoms with Crippen LogP contribution in [0.5, 0.6) is 0 Å². The lowest BCUT2D eigenvalue weighted by atomic mass is 9.84. The van der Waals surface area contributed by atoms with E-state index < -0.39 is 0 Å². The molecule has 2 rings (SSSR count). The van der Waals surface area contributed by atoms with Gasteiger partial charge in [-0.3, -0.25) is 9.79 Å². The number of hydrogen-bond acceptors (Lipinski definition) is 3. The quantitative estimate of drug-likeness (QED) is 0.370. The van der Waals surface area contributed by atoms with Crippen LogP contribution in [0.15, 0.2) is 4.99 Å². The predicted octanol–water partition coefficient (Wildman–Crippen LogP) is 2.70. The zero-order valence-corrected chi connectivity index (χ0v) is 18.6. The lowest BCUT2D eigenvalue weighted by molar-refractivity contribution is -0.138. The van der Waals surface area contributed by atoms with Crippen molar-refractivity contribution >= 4 is 47.6 Å². The number of rotatable bonds is 5. The highest BCUT2D eigenvalue weighted by Gasteiger charge is 2.42. The van der Waals surface area contributed by atoms with Crippen molar-refractivity contribution in [3.8, 4) is 0 Å². The van der Waals surface area contributed by atoms with Crippen LogP contribution in [0, 0.1) is 5.41 Å². The van der Waals surface area contributed by atoms with Crippen molar-refractivity contribution in [2.75, 3.05) is 33.9 Å². The smallest absolute Gasteiger partial charge is 0.230 e. The zero-order chi connectivity index (χ0) is 16.9. The molecular weight excluding hydrogens is 435 g/mol. The van der Waals surface area contributed by atoms with Crippen molar-refractivity contribution in [3.05, 3.63) is 0 Å². The summed E-state index contributed by atoms with van der Waals surface area (Å²) in [5.74, 6) is 1.09. The van der Waals surface area contributed by atoms with Gasteiger partial charge in [0.15, 0.2) is 5.96 Å². The Morgan fingerprint density at radius 3 is 2.46 bits per heavy atom.